The third-order valence-corrected chi connectivity index (χ3v) is 2.78. The van der Waals surface area contributed by atoms with Gasteiger partial charge in [-0.15, -0.1) is 0 Å². The van der Waals surface area contributed by atoms with Crippen molar-refractivity contribution in [3.05, 3.63) is 35.2 Å². The fraction of sp³-hybridized carbons (Fsp3) is 0.385. The zero-order chi connectivity index (χ0) is 11.5. The Morgan fingerprint density at radius 1 is 1.19 bits per heavy atom. The van der Waals surface area contributed by atoms with Crippen LogP contribution in [0, 0.1) is 13.8 Å². The molecule has 3 heteroatoms. The molecule has 2 aromatic rings. The van der Waals surface area contributed by atoms with Crippen LogP contribution in [0.25, 0.3) is 11.4 Å². The van der Waals surface area contributed by atoms with Crippen molar-refractivity contribution in [1.29, 1.82) is 0 Å². The summed E-state index contributed by atoms with van der Waals surface area (Å²) in [4.78, 5) is 4.47. The first kappa shape index (κ1) is 10.9. The van der Waals surface area contributed by atoms with Gasteiger partial charge in [-0.05, 0) is 37.5 Å². The van der Waals surface area contributed by atoms with Crippen molar-refractivity contribution in [3.63, 3.8) is 0 Å². The van der Waals surface area contributed by atoms with E-state index >= 15 is 0 Å². The molecular weight excluding hydrogens is 198 g/mol. The number of benzene rings is 1. The fourth-order valence-electron chi connectivity index (χ4n) is 1.65. The maximum Gasteiger partial charge on any atom is 0.181 e. The summed E-state index contributed by atoms with van der Waals surface area (Å²) in [5.41, 5.74) is 3.66. The summed E-state index contributed by atoms with van der Waals surface area (Å²) < 4.78 is 0. The van der Waals surface area contributed by atoms with Gasteiger partial charge in [-0.2, -0.15) is 5.10 Å². The smallest absolute Gasteiger partial charge is 0.181 e. The normalized spacial score (nSPS) is 10.7. The summed E-state index contributed by atoms with van der Waals surface area (Å²) in [7, 11) is 0. The van der Waals surface area contributed by atoms with Crippen molar-refractivity contribution in [3.8, 4) is 11.4 Å². The van der Waals surface area contributed by atoms with Gasteiger partial charge in [-0.1, -0.05) is 19.1 Å². The molecular formula is C13H17N3. The van der Waals surface area contributed by atoms with Crippen LogP contribution in [0.5, 0.6) is 0 Å². The van der Waals surface area contributed by atoms with Crippen LogP contribution < -0.4 is 0 Å². The lowest BCUT2D eigenvalue weighted by Gasteiger charge is -2.01. The molecule has 0 atom stereocenters. The van der Waals surface area contributed by atoms with E-state index in [0.717, 1.165) is 30.1 Å². The molecule has 1 aromatic carbocycles. The van der Waals surface area contributed by atoms with Gasteiger partial charge in [0.1, 0.15) is 5.82 Å². The standard InChI is InChI=1S/C13H17N3/c1-4-5-12-14-13(16-15-12)11-7-6-9(2)10(3)8-11/h6-8H,4-5H2,1-3H3,(H,14,15,16). The molecule has 0 aliphatic carbocycles. The van der Waals surface area contributed by atoms with Crippen LogP contribution in [0.1, 0.15) is 30.3 Å². The Morgan fingerprint density at radius 2 is 2.00 bits per heavy atom. The summed E-state index contributed by atoms with van der Waals surface area (Å²) >= 11 is 0. The third kappa shape index (κ3) is 2.13. The summed E-state index contributed by atoms with van der Waals surface area (Å²) in [6, 6.07) is 6.32. The van der Waals surface area contributed by atoms with Crippen molar-refractivity contribution in [2.45, 2.75) is 33.6 Å². The Kier molecular flexibility index (Phi) is 3.04. The minimum Gasteiger partial charge on any atom is -0.263 e. The van der Waals surface area contributed by atoms with Gasteiger partial charge in [0.05, 0.1) is 0 Å². The van der Waals surface area contributed by atoms with Gasteiger partial charge in [-0.25, -0.2) is 4.98 Å². The largest absolute Gasteiger partial charge is 0.263 e. The lowest BCUT2D eigenvalue weighted by molar-refractivity contribution is 0.841. The topological polar surface area (TPSA) is 41.6 Å². The Hall–Kier alpha value is -1.64. The van der Waals surface area contributed by atoms with E-state index in [1.165, 1.54) is 11.1 Å². The summed E-state index contributed by atoms with van der Waals surface area (Å²) in [6.07, 6.45) is 2.04. The van der Waals surface area contributed by atoms with Gasteiger partial charge in [-0.3, -0.25) is 5.10 Å². The molecule has 1 aromatic heterocycles. The first-order chi connectivity index (χ1) is 7.70. The molecule has 3 nitrogen and oxygen atoms in total. The van der Waals surface area contributed by atoms with E-state index in [2.05, 4.69) is 54.2 Å². The average molecular weight is 215 g/mol. The van der Waals surface area contributed by atoms with Crippen LogP contribution >= 0.6 is 0 Å². The van der Waals surface area contributed by atoms with Crippen molar-refractivity contribution in [2.24, 2.45) is 0 Å². The van der Waals surface area contributed by atoms with Crippen LogP contribution in [0.4, 0.5) is 0 Å². The predicted molar refractivity (Wildman–Crippen MR) is 65.3 cm³/mol. The highest BCUT2D eigenvalue weighted by Crippen LogP contribution is 2.18. The molecule has 1 heterocycles. The van der Waals surface area contributed by atoms with E-state index in [1.807, 2.05) is 0 Å². The SMILES string of the molecule is CCCc1nc(-c2ccc(C)c(C)c2)n[nH]1. The van der Waals surface area contributed by atoms with Crippen LogP contribution in [0.2, 0.25) is 0 Å². The van der Waals surface area contributed by atoms with Gasteiger partial charge in [0.25, 0.3) is 0 Å². The van der Waals surface area contributed by atoms with Crippen LogP contribution in [-0.2, 0) is 6.42 Å². The number of aromatic amines is 1. The molecule has 0 fully saturated rings. The Labute approximate surface area is 95.9 Å². The quantitative estimate of drug-likeness (QED) is 0.855. The molecule has 0 spiro atoms. The predicted octanol–water partition coefficient (Wildman–Crippen LogP) is 3.04. The Balaban J connectivity index is 2.31. The first-order valence-electron chi connectivity index (χ1n) is 5.69. The van der Waals surface area contributed by atoms with Crippen LogP contribution in [0.15, 0.2) is 18.2 Å². The second-order valence-corrected chi connectivity index (χ2v) is 4.15. The first-order valence-corrected chi connectivity index (χ1v) is 5.69. The summed E-state index contributed by atoms with van der Waals surface area (Å²) in [6.45, 7) is 6.36. The molecule has 0 aliphatic rings. The zero-order valence-electron chi connectivity index (χ0n) is 10.0. The van der Waals surface area contributed by atoms with Gasteiger partial charge >= 0.3 is 0 Å². The van der Waals surface area contributed by atoms with E-state index < -0.39 is 0 Å². The summed E-state index contributed by atoms with van der Waals surface area (Å²) in [5.74, 6) is 1.77. The molecule has 1 N–H and O–H groups in total. The van der Waals surface area contributed by atoms with E-state index in [0.29, 0.717) is 0 Å². The number of hydrogen-bond donors (Lipinski definition) is 1. The fourth-order valence-corrected chi connectivity index (χ4v) is 1.65. The summed E-state index contributed by atoms with van der Waals surface area (Å²) in [5, 5.41) is 7.22. The van der Waals surface area contributed by atoms with Crippen molar-refractivity contribution in [1.82, 2.24) is 15.2 Å². The highest BCUT2D eigenvalue weighted by molar-refractivity contribution is 5.56. The van der Waals surface area contributed by atoms with E-state index in [1.54, 1.807) is 0 Å². The number of rotatable bonds is 3. The number of hydrogen-bond acceptors (Lipinski definition) is 2. The molecule has 0 bridgehead atoms. The Bertz CT molecular complexity index is 486. The highest BCUT2D eigenvalue weighted by atomic mass is 15.2. The molecule has 0 amide bonds. The second-order valence-electron chi connectivity index (χ2n) is 4.15. The molecule has 2 rings (SSSR count). The van der Waals surface area contributed by atoms with E-state index in [9.17, 15) is 0 Å². The van der Waals surface area contributed by atoms with Gasteiger partial charge in [0.2, 0.25) is 0 Å². The van der Waals surface area contributed by atoms with Crippen LogP contribution in [-0.4, -0.2) is 15.2 Å². The maximum atomic E-state index is 4.47. The maximum absolute atomic E-state index is 4.47. The minimum absolute atomic E-state index is 0.798. The Morgan fingerprint density at radius 3 is 2.69 bits per heavy atom. The van der Waals surface area contributed by atoms with Crippen molar-refractivity contribution in [2.75, 3.05) is 0 Å². The molecule has 0 unspecified atom stereocenters. The van der Waals surface area contributed by atoms with Crippen molar-refractivity contribution >= 4 is 0 Å². The molecule has 0 saturated carbocycles. The van der Waals surface area contributed by atoms with Crippen molar-refractivity contribution < 1.29 is 0 Å². The lowest BCUT2D eigenvalue weighted by Crippen LogP contribution is -1.86. The molecule has 84 valence electrons. The highest BCUT2D eigenvalue weighted by Gasteiger charge is 2.05. The minimum atomic E-state index is 0.798. The molecule has 0 radical (unpaired) electrons. The zero-order valence-corrected chi connectivity index (χ0v) is 10.0. The van der Waals surface area contributed by atoms with Gasteiger partial charge < -0.3 is 0 Å². The van der Waals surface area contributed by atoms with E-state index in [-0.39, 0.29) is 0 Å². The number of aromatic nitrogens is 3. The lowest BCUT2D eigenvalue weighted by atomic mass is 10.1. The average Bonchev–Trinajstić information content (AvgIpc) is 2.71. The van der Waals surface area contributed by atoms with Gasteiger partial charge in [0, 0.05) is 12.0 Å². The number of nitrogens with zero attached hydrogens (tertiary/aromatic N) is 2. The molecule has 0 aliphatic heterocycles. The number of aryl methyl sites for hydroxylation is 3. The second kappa shape index (κ2) is 4.47. The van der Waals surface area contributed by atoms with Crippen LogP contribution in [0.3, 0.4) is 0 Å². The van der Waals surface area contributed by atoms with Gasteiger partial charge in [0.15, 0.2) is 5.82 Å². The number of nitrogens with one attached hydrogen (secondary N) is 1. The molecule has 0 saturated heterocycles. The van der Waals surface area contributed by atoms with E-state index in [4.69, 9.17) is 0 Å². The number of H-pyrrole nitrogens is 1. The third-order valence-electron chi connectivity index (χ3n) is 2.78. The monoisotopic (exact) mass is 215 g/mol. The molecule has 16 heavy (non-hydrogen) atoms.